The number of nitrogens with zero attached hydrogens (tertiary/aromatic N) is 2. The van der Waals surface area contributed by atoms with Crippen molar-refractivity contribution < 1.29 is 18.7 Å². The number of amides is 1. The van der Waals surface area contributed by atoms with Gasteiger partial charge in [0, 0.05) is 12.1 Å². The summed E-state index contributed by atoms with van der Waals surface area (Å²) in [5.74, 6) is 0.645. The van der Waals surface area contributed by atoms with Gasteiger partial charge in [-0.25, -0.2) is 9.48 Å². The van der Waals surface area contributed by atoms with Gasteiger partial charge < -0.3 is 14.5 Å². The maximum Gasteiger partial charge on any atom is 0.342 e. The number of nitrogens with one attached hydrogen (secondary N) is 1. The number of rotatable bonds is 5. The van der Waals surface area contributed by atoms with E-state index < -0.39 is 18.0 Å². The van der Waals surface area contributed by atoms with Gasteiger partial charge in [-0.1, -0.05) is 0 Å². The highest BCUT2D eigenvalue weighted by Crippen LogP contribution is 2.17. The van der Waals surface area contributed by atoms with E-state index in [4.69, 9.17) is 9.15 Å². The molecule has 2 aromatic heterocycles. The SMILES string of the molecule is Cc1cc(C(=O)O[C@@H](C)C(=O)Nc2ccnn2C(C)C)c(C)o1. The van der Waals surface area contributed by atoms with Gasteiger partial charge in [0.2, 0.25) is 0 Å². The van der Waals surface area contributed by atoms with E-state index in [-0.39, 0.29) is 6.04 Å². The highest BCUT2D eigenvalue weighted by atomic mass is 16.5. The molecule has 0 unspecified atom stereocenters. The normalized spacial score (nSPS) is 12.3. The minimum Gasteiger partial charge on any atom is -0.466 e. The summed E-state index contributed by atoms with van der Waals surface area (Å²) in [6.07, 6.45) is 0.664. The molecule has 124 valence electrons. The molecule has 7 heteroatoms. The number of aryl methyl sites for hydroxylation is 2. The van der Waals surface area contributed by atoms with Crippen LogP contribution < -0.4 is 5.32 Å². The van der Waals surface area contributed by atoms with E-state index in [0.29, 0.717) is 22.9 Å². The summed E-state index contributed by atoms with van der Waals surface area (Å²) in [4.78, 5) is 24.3. The van der Waals surface area contributed by atoms with Crippen molar-refractivity contribution in [1.82, 2.24) is 9.78 Å². The second-order valence-corrected chi connectivity index (χ2v) is 5.62. The van der Waals surface area contributed by atoms with Crippen LogP contribution in [0, 0.1) is 13.8 Å². The molecule has 0 fully saturated rings. The van der Waals surface area contributed by atoms with Gasteiger partial charge in [0.1, 0.15) is 22.9 Å². The molecule has 1 amide bonds. The maximum absolute atomic E-state index is 12.2. The van der Waals surface area contributed by atoms with Crippen molar-refractivity contribution >= 4 is 17.7 Å². The van der Waals surface area contributed by atoms with E-state index in [1.54, 1.807) is 36.9 Å². The molecule has 0 saturated carbocycles. The van der Waals surface area contributed by atoms with Crippen LogP contribution in [-0.4, -0.2) is 27.8 Å². The summed E-state index contributed by atoms with van der Waals surface area (Å²) >= 11 is 0. The van der Waals surface area contributed by atoms with Gasteiger partial charge in [-0.2, -0.15) is 5.10 Å². The predicted octanol–water partition coefficient (Wildman–Crippen LogP) is 2.86. The second kappa shape index (κ2) is 6.68. The van der Waals surface area contributed by atoms with Crippen molar-refractivity contribution in [3.63, 3.8) is 0 Å². The Morgan fingerprint density at radius 1 is 1.30 bits per heavy atom. The lowest BCUT2D eigenvalue weighted by Gasteiger charge is -2.15. The predicted molar refractivity (Wildman–Crippen MR) is 84.3 cm³/mol. The first-order valence-corrected chi connectivity index (χ1v) is 7.42. The number of aromatic nitrogens is 2. The molecule has 0 bridgehead atoms. The molecule has 0 aliphatic heterocycles. The van der Waals surface area contributed by atoms with E-state index in [1.165, 1.54) is 6.92 Å². The molecule has 0 spiro atoms. The van der Waals surface area contributed by atoms with E-state index in [1.807, 2.05) is 13.8 Å². The Hall–Kier alpha value is -2.57. The number of hydrogen-bond acceptors (Lipinski definition) is 5. The first kappa shape index (κ1) is 16.8. The Morgan fingerprint density at radius 3 is 2.57 bits per heavy atom. The molecule has 7 nitrogen and oxygen atoms in total. The third-order valence-electron chi connectivity index (χ3n) is 3.32. The summed E-state index contributed by atoms with van der Waals surface area (Å²) in [6.45, 7) is 8.85. The number of esters is 1. The van der Waals surface area contributed by atoms with E-state index in [0.717, 1.165) is 0 Å². The van der Waals surface area contributed by atoms with Crippen LogP contribution in [0.2, 0.25) is 0 Å². The number of anilines is 1. The van der Waals surface area contributed by atoms with Gasteiger partial charge in [-0.3, -0.25) is 4.79 Å². The van der Waals surface area contributed by atoms with Gasteiger partial charge in [0.25, 0.3) is 5.91 Å². The lowest BCUT2D eigenvalue weighted by atomic mass is 10.2. The number of ether oxygens (including phenoxy) is 1. The largest absolute Gasteiger partial charge is 0.466 e. The molecule has 0 saturated heterocycles. The van der Waals surface area contributed by atoms with Crippen LogP contribution in [0.3, 0.4) is 0 Å². The van der Waals surface area contributed by atoms with Crippen molar-refractivity contribution in [3.8, 4) is 0 Å². The molecule has 0 aliphatic carbocycles. The van der Waals surface area contributed by atoms with Crippen molar-refractivity contribution in [1.29, 1.82) is 0 Å². The van der Waals surface area contributed by atoms with Crippen molar-refractivity contribution in [2.24, 2.45) is 0 Å². The van der Waals surface area contributed by atoms with Crippen LogP contribution in [0.1, 0.15) is 48.7 Å². The first-order valence-electron chi connectivity index (χ1n) is 7.42. The van der Waals surface area contributed by atoms with Crippen LogP contribution in [0.5, 0.6) is 0 Å². The molecule has 1 N–H and O–H groups in total. The van der Waals surface area contributed by atoms with Crippen molar-refractivity contribution in [3.05, 3.63) is 35.4 Å². The standard InChI is InChI=1S/C16H21N3O4/c1-9(2)19-14(6-7-17-19)18-15(20)12(5)23-16(21)13-8-10(3)22-11(13)4/h6-9,12H,1-5H3,(H,18,20)/t12-/m0/s1. The van der Waals surface area contributed by atoms with E-state index in [9.17, 15) is 9.59 Å². The molecule has 2 rings (SSSR count). The van der Waals surface area contributed by atoms with Crippen molar-refractivity contribution in [2.75, 3.05) is 5.32 Å². The van der Waals surface area contributed by atoms with Crippen LogP contribution >= 0.6 is 0 Å². The minimum absolute atomic E-state index is 0.106. The second-order valence-electron chi connectivity index (χ2n) is 5.62. The molecule has 23 heavy (non-hydrogen) atoms. The van der Waals surface area contributed by atoms with Gasteiger partial charge >= 0.3 is 5.97 Å². The topological polar surface area (TPSA) is 86.4 Å². The highest BCUT2D eigenvalue weighted by Gasteiger charge is 2.23. The third-order valence-corrected chi connectivity index (χ3v) is 3.32. The Morgan fingerprint density at radius 2 is 2.00 bits per heavy atom. The fraction of sp³-hybridized carbons (Fsp3) is 0.438. The molecular formula is C16H21N3O4. The summed E-state index contributed by atoms with van der Waals surface area (Å²) in [5.41, 5.74) is 0.328. The zero-order chi connectivity index (χ0) is 17.1. The van der Waals surface area contributed by atoms with Crippen LogP contribution in [0.4, 0.5) is 5.82 Å². The average Bonchev–Trinajstić information content (AvgIpc) is 3.04. The number of furan rings is 1. The zero-order valence-corrected chi connectivity index (χ0v) is 13.9. The van der Waals surface area contributed by atoms with E-state index in [2.05, 4.69) is 10.4 Å². The monoisotopic (exact) mass is 319 g/mol. The highest BCUT2D eigenvalue weighted by molar-refractivity contribution is 5.97. The van der Waals surface area contributed by atoms with E-state index >= 15 is 0 Å². The fourth-order valence-corrected chi connectivity index (χ4v) is 2.16. The van der Waals surface area contributed by atoms with Crippen LogP contribution in [0.15, 0.2) is 22.7 Å². The Bertz CT molecular complexity index is 715. The molecule has 0 aliphatic rings. The van der Waals surface area contributed by atoms with Gasteiger partial charge in [0.05, 0.1) is 6.20 Å². The Balaban J connectivity index is 2.01. The zero-order valence-electron chi connectivity index (χ0n) is 13.9. The summed E-state index contributed by atoms with van der Waals surface area (Å²) in [7, 11) is 0. The van der Waals surface area contributed by atoms with Crippen LogP contribution in [0.25, 0.3) is 0 Å². The first-order chi connectivity index (χ1) is 10.8. The lowest BCUT2D eigenvalue weighted by molar-refractivity contribution is -0.123. The Labute approximate surface area is 134 Å². The fourth-order valence-electron chi connectivity index (χ4n) is 2.16. The molecule has 2 heterocycles. The molecular weight excluding hydrogens is 298 g/mol. The molecule has 1 atom stereocenters. The lowest BCUT2D eigenvalue weighted by Crippen LogP contribution is -2.31. The maximum atomic E-state index is 12.2. The molecule has 0 radical (unpaired) electrons. The van der Waals surface area contributed by atoms with Crippen molar-refractivity contribution in [2.45, 2.75) is 46.8 Å². The Kier molecular flexibility index (Phi) is 4.88. The summed E-state index contributed by atoms with van der Waals surface area (Å²) < 4.78 is 12.2. The number of hydrogen-bond donors (Lipinski definition) is 1. The molecule has 2 aromatic rings. The smallest absolute Gasteiger partial charge is 0.342 e. The summed E-state index contributed by atoms with van der Waals surface area (Å²) in [5, 5.41) is 6.84. The van der Waals surface area contributed by atoms with Crippen LogP contribution in [-0.2, 0) is 9.53 Å². The quantitative estimate of drug-likeness (QED) is 0.856. The molecule has 0 aromatic carbocycles. The van der Waals surface area contributed by atoms with Gasteiger partial charge in [-0.05, 0) is 40.7 Å². The van der Waals surface area contributed by atoms with Gasteiger partial charge in [0.15, 0.2) is 6.10 Å². The number of carbonyl (C=O) groups is 2. The number of carbonyl (C=O) groups excluding carboxylic acids is 2. The average molecular weight is 319 g/mol. The minimum atomic E-state index is -0.937. The van der Waals surface area contributed by atoms with Gasteiger partial charge in [-0.15, -0.1) is 0 Å². The third kappa shape index (κ3) is 3.80. The summed E-state index contributed by atoms with van der Waals surface area (Å²) in [6, 6.07) is 3.39.